The smallest absolute Gasteiger partial charge is 0.124 e. The fraction of sp³-hybridized carbons (Fsp3) is 0.316. The highest BCUT2D eigenvalue weighted by Gasteiger charge is 2.19. The summed E-state index contributed by atoms with van der Waals surface area (Å²) in [5.41, 5.74) is 7.07. The first-order valence-electron chi connectivity index (χ1n) is 16.4. The summed E-state index contributed by atoms with van der Waals surface area (Å²) in [6.07, 6.45) is 5.21. The highest BCUT2D eigenvalue weighted by Crippen LogP contribution is 2.23. The van der Waals surface area contributed by atoms with E-state index in [2.05, 4.69) is 91.7 Å². The van der Waals surface area contributed by atoms with Crippen LogP contribution < -0.4 is 0 Å². The lowest BCUT2D eigenvalue weighted by atomic mass is 10.2. The first-order valence-corrected chi connectivity index (χ1v) is 17.2. The molecule has 4 aromatic carbocycles. The quantitative estimate of drug-likeness (QED) is 0.160. The molecule has 4 heterocycles. The summed E-state index contributed by atoms with van der Waals surface area (Å²) in [5.74, 6) is 2.31. The molecule has 2 aromatic heterocycles. The predicted octanol–water partition coefficient (Wildman–Crippen LogP) is 9.09. The second kappa shape index (κ2) is 15.7. The van der Waals surface area contributed by atoms with E-state index in [1.54, 1.807) is 0 Å². The maximum Gasteiger partial charge on any atom is 0.124 e. The van der Waals surface area contributed by atoms with Gasteiger partial charge in [-0.1, -0.05) is 71.7 Å². The van der Waals surface area contributed by atoms with Crippen molar-refractivity contribution in [1.82, 2.24) is 28.9 Å². The first kappa shape index (κ1) is 33.5. The van der Waals surface area contributed by atoms with Crippen LogP contribution in [0.1, 0.15) is 48.5 Å². The molecule has 0 saturated carbocycles. The average Bonchev–Trinajstić information content (AvgIpc) is 3.89. The molecule has 6 nitrogen and oxygen atoms in total. The molecule has 0 radical (unpaired) electrons. The van der Waals surface area contributed by atoms with Gasteiger partial charge in [-0.15, -0.1) is 12.4 Å². The number of fused-ring (bicyclic) bond motifs is 2. The number of hydrogen-bond donors (Lipinski definition) is 0. The van der Waals surface area contributed by atoms with E-state index in [9.17, 15) is 0 Å². The molecule has 0 aliphatic carbocycles. The van der Waals surface area contributed by atoms with E-state index >= 15 is 0 Å². The third-order valence-corrected chi connectivity index (χ3v) is 9.61. The minimum absolute atomic E-state index is 0. The van der Waals surface area contributed by atoms with Crippen LogP contribution in [0.2, 0.25) is 10.0 Å². The molecule has 0 N–H and O–H groups in total. The summed E-state index contributed by atoms with van der Waals surface area (Å²) in [6, 6.07) is 33.0. The maximum absolute atomic E-state index is 6.01. The lowest BCUT2D eigenvalue weighted by molar-refractivity contribution is 0.318. The predicted molar refractivity (Wildman–Crippen MR) is 197 cm³/mol. The van der Waals surface area contributed by atoms with Gasteiger partial charge in [0.1, 0.15) is 11.6 Å². The van der Waals surface area contributed by atoms with Crippen LogP contribution in [0.3, 0.4) is 0 Å². The van der Waals surface area contributed by atoms with Crippen molar-refractivity contribution in [3.05, 3.63) is 130 Å². The lowest BCUT2D eigenvalue weighted by Crippen LogP contribution is -2.21. The van der Waals surface area contributed by atoms with Gasteiger partial charge in [0.15, 0.2) is 0 Å². The van der Waals surface area contributed by atoms with Gasteiger partial charge in [0.05, 0.1) is 35.2 Å². The van der Waals surface area contributed by atoms with Crippen LogP contribution in [0.15, 0.2) is 97.1 Å². The molecule has 0 unspecified atom stereocenters. The van der Waals surface area contributed by atoms with Crippen molar-refractivity contribution in [2.75, 3.05) is 26.2 Å². The number of para-hydroxylation sites is 4. The van der Waals surface area contributed by atoms with Gasteiger partial charge in [-0.25, -0.2) is 9.97 Å². The SMILES string of the molecule is Cl.Clc1ccc(Cn2c(CN3CCCC3)nc3ccccc32)cc1.Clc1ccc(Cn2c(CN3CCCC3)nc3ccccc32)cc1. The van der Waals surface area contributed by atoms with Crippen LogP contribution in [-0.4, -0.2) is 55.1 Å². The molecular formula is C38H41Cl3N6. The average molecular weight is 688 g/mol. The second-order valence-corrected chi connectivity index (χ2v) is 13.3. The Bertz CT molecular complexity index is 1750. The van der Waals surface area contributed by atoms with Crippen molar-refractivity contribution in [3.63, 3.8) is 0 Å². The van der Waals surface area contributed by atoms with Crippen molar-refractivity contribution < 1.29 is 0 Å². The Labute approximate surface area is 293 Å². The van der Waals surface area contributed by atoms with E-state index in [1.165, 1.54) is 74.0 Å². The highest BCUT2D eigenvalue weighted by molar-refractivity contribution is 6.30. The van der Waals surface area contributed by atoms with E-state index in [0.29, 0.717) is 0 Å². The Kier molecular flexibility index (Phi) is 11.2. The van der Waals surface area contributed by atoms with Crippen LogP contribution in [0, 0.1) is 0 Å². The standard InChI is InChI=1S/2C19H20ClN3.ClH/c2*20-16-9-7-15(8-10-16)13-23-18-6-2-1-5-17(18)21-19(23)14-22-11-3-4-12-22;/h2*1-2,5-10H,3-4,11-14H2;1H. The van der Waals surface area contributed by atoms with Gasteiger partial charge in [0.25, 0.3) is 0 Å². The van der Waals surface area contributed by atoms with E-state index in [4.69, 9.17) is 33.2 Å². The van der Waals surface area contributed by atoms with Gasteiger partial charge < -0.3 is 9.13 Å². The number of nitrogens with zero attached hydrogens (tertiary/aromatic N) is 6. The van der Waals surface area contributed by atoms with Crippen LogP contribution in [0.4, 0.5) is 0 Å². The molecule has 2 aliphatic heterocycles. The van der Waals surface area contributed by atoms with Crippen molar-refractivity contribution >= 4 is 57.7 Å². The molecule has 0 atom stereocenters. The van der Waals surface area contributed by atoms with Gasteiger partial charge >= 0.3 is 0 Å². The zero-order valence-electron chi connectivity index (χ0n) is 26.6. The lowest BCUT2D eigenvalue weighted by Gasteiger charge is -2.16. The number of imidazole rings is 2. The number of hydrogen-bond acceptors (Lipinski definition) is 4. The van der Waals surface area contributed by atoms with E-state index in [0.717, 1.165) is 58.9 Å². The van der Waals surface area contributed by atoms with Crippen molar-refractivity contribution in [2.45, 2.75) is 51.9 Å². The normalized spacial score (nSPS) is 15.2. The Morgan fingerprint density at radius 1 is 0.468 bits per heavy atom. The zero-order valence-corrected chi connectivity index (χ0v) is 28.9. The fourth-order valence-electron chi connectivity index (χ4n) is 6.67. The molecule has 0 spiro atoms. The third kappa shape index (κ3) is 8.19. The third-order valence-electron chi connectivity index (χ3n) is 9.10. The minimum Gasteiger partial charge on any atom is -0.322 e. The summed E-state index contributed by atoms with van der Waals surface area (Å²) in [6.45, 7) is 8.27. The molecule has 2 saturated heterocycles. The van der Waals surface area contributed by atoms with Gasteiger partial charge in [-0.3, -0.25) is 9.80 Å². The Morgan fingerprint density at radius 2 is 0.830 bits per heavy atom. The van der Waals surface area contributed by atoms with Crippen LogP contribution in [0.25, 0.3) is 22.1 Å². The molecule has 6 aromatic rings. The molecule has 8 rings (SSSR count). The number of likely N-dealkylation sites (tertiary alicyclic amines) is 2. The molecular weight excluding hydrogens is 647 g/mol. The van der Waals surface area contributed by atoms with E-state index in [-0.39, 0.29) is 12.4 Å². The Hall–Kier alpha value is -3.39. The van der Waals surface area contributed by atoms with E-state index < -0.39 is 0 Å². The first-order chi connectivity index (χ1) is 22.6. The number of rotatable bonds is 8. The van der Waals surface area contributed by atoms with Gasteiger partial charge in [0.2, 0.25) is 0 Å². The Balaban J connectivity index is 0.000000161. The van der Waals surface area contributed by atoms with Crippen molar-refractivity contribution in [3.8, 4) is 0 Å². The monoisotopic (exact) mass is 686 g/mol. The zero-order chi connectivity index (χ0) is 31.3. The topological polar surface area (TPSA) is 42.1 Å². The molecule has 2 aliphatic rings. The molecule has 9 heteroatoms. The van der Waals surface area contributed by atoms with Gasteiger partial charge in [-0.2, -0.15) is 0 Å². The Morgan fingerprint density at radius 3 is 1.21 bits per heavy atom. The summed E-state index contributed by atoms with van der Waals surface area (Å²) in [4.78, 5) is 14.8. The molecule has 244 valence electrons. The largest absolute Gasteiger partial charge is 0.322 e. The summed E-state index contributed by atoms with van der Waals surface area (Å²) in [5, 5.41) is 1.56. The minimum atomic E-state index is 0. The fourth-order valence-corrected chi connectivity index (χ4v) is 6.92. The van der Waals surface area contributed by atoms with Gasteiger partial charge in [-0.05, 0) is 112 Å². The number of halogens is 3. The second-order valence-electron chi connectivity index (χ2n) is 12.4. The van der Waals surface area contributed by atoms with Gasteiger partial charge in [0, 0.05) is 23.1 Å². The number of aromatic nitrogens is 4. The van der Waals surface area contributed by atoms with E-state index in [1.807, 2.05) is 24.3 Å². The summed E-state index contributed by atoms with van der Waals surface area (Å²) >= 11 is 12.0. The molecule has 2 fully saturated rings. The summed E-state index contributed by atoms with van der Waals surface area (Å²) < 4.78 is 4.69. The van der Waals surface area contributed by atoms with Crippen molar-refractivity contribution in [1.29, 1.82) is 0 Å². The van der Waals surface area contributed by atoms with Crippen molar-refractivity contribution in [2.24, 2.45) is 0 Å². The molecule has 0 amide bonds. The van der Waals surface area contributed by atoms with Crippen LogP contribution >= 0.6 is 35.6 Å². The van der Waals surface area contributed by atoms with Crippen LogP contribution in [-0.2, 0) is 26.2 Å². The van der Waals surface area contributed by atoms with Crippen LogP contribution in [0.5, 0.6) is 0 Å². The molecule has 47 heavy (non-hydrogen) atoms. The molecule has 0 bridgehead atoms. The highest BCUT2D eigenvalue weighted by atomic mass is 35.5. The summed E-state index contributed by atoms with van der Waals surface area (Å²) in [7, 11) is 0. The number of benzene rings is 4. The maximum atomic E-state index is 6.01.